The number of hydrogen-bond acceptors (Lipinski definition) is 6. The van der Waals surface area contributed by atoms with E-state index in [4.69, 9.17) is 4.84 Å². The quantitative estimate of drug-likeness (QED) is 0.668. The Labute approximate surface area is 164 Å². The van der Waals surface area contributed by atoms with Gasteiger partial charge in [0.15, 0.2) is 0 Å². The molecular weight excluding hydrogens is 406 g/mol. The van der Waals surface area contributed by atoms with Gasteiger partial charge in [0.1, 0.15) is 4.90 Å². The molecule has 0 bridgehead atoms. The summed E-state index contributed by atoms with van der Waals surface area (Å²) in [6.07, 6.45) is 0. The number of nitrogens with one attached hydrogen (secondary N) is 1. The first kappa shape index (κ1) is 22.0. The highest BCUT2D eigenvalue weighted by Gasteiger charge is 2.24. The van der Waals surface area contributed by atoms with Gasteiger partial charge in [-0.25, -0.2) is 21.1 Å². The molecule has 0 unspecified atom stereocenters. The highest BCUT2D eigenvalue weighted by Crippen LogP contribution is 2.24. The second-order valence-corrected chi connectivity index (χ2v) is 9.92. The summed E-state index contributed by atoms with van der Waals surface area (Å²) in [5, 5.41) is 2.53. The number of anilines is 1. The van der Waals surface area contributed by atoms with Crippen molar-refractivity contribution in [3.63, 3.8) is 0 Å². The van der Waals surface area contributed by atoms with Crippen LogP contribution in [0, 0.1) is 0 Å². The van der Waals surface area contributed by atoms with Crippen molar-refractivity contribution in [3.8, 4) is 0 Å². The third kappa shape index (κ3) is 4.39. The minimum absolute atomic E-state index is 0.0441. The summed E-state index contributed by atoms with van der Waals surface area (Å²) < 4.78 is 51.3. The molecule has 0 heterocycles. The lowest BCUT2D eigenvalue weighted by Gasteiger charge is -2.16. The largest absolute Gasteiger partial charge is 0.321 e. The van der Waals surface area contributed by atoms with E-state index in [-0.39, 0.29) is 21.0 Å². The van der Waals surface area contributed by atoms with Gasteiger partial charge in [-0.2, -0.15) is 0 Å². The molecule has 0 fully saturated rings. The summed E-state index contributed by atoms with van der Waals surface area (Å²) in [7, 11) is -2.52. The smallest absolute Gasteiger partial charge is 0.264 e. The maximum absolute atomic E-state index is 12.6. The zero-order valence-electron chi connectivity index (χ0n) is 15.8. The average molecular weight is 428 g/mol. The molecule has 2 aromatic rings. The van der Waals surface area contributed by atoms with Crippen LogP contribution in [0.4, 0.5) is 5.69 Å². The van der Waals surface area contributed by atoms with Crippen LogP contribution in [0.2, 0.25) is 0 Å². The molecule has 0 aliphatic heterocycles. The summed E-state index contributed by atoms with van der Waals surface area (Å²) in [6, 6.07) is 11.3. The van der Waals surface area contributed by atoms with E-state index in [1.54, 1.807) is 12.1 Å². The number of nitrogens with zero attached hydrogens (tertiary/aromatic N) is 2. The minimum Gasteiger partial charge on any atom is -0.321 e. The topological polar surface area (TPSA) is 113 Å². The lowest BCUT2D eigenvalue weighted by Crippen LogP contribution is -2.26. The molecule has 0 atom stereocenters. The van der Waals surface area contributed by atoms with Gasteiger partial charge in [-0.1, -0.05) is 22.7 Å². The Bertz CT molecular complexity index is 1080. The van der Waals surface area contributed by atoms with Gasteiger partial charge in [0.2, 0.25) is 10.0 Å². The first-order valence-electron chi connectivity index (χ1n) is 7.98. The number of benzene rings is 2. The van der Waals surface area contributed by atoms with E-state index >= 15 is 0 Å². The molecule has 1 amide bonds. The number of carbonyl (C=O) groups is 1. The highest BCUT2D eigenvalue weighted by molar-refractivity contribution is 7.89. The van der Waals surface area contributed by atoms with Gasteiger partial charge < -0.3 is 5.32 Å². The van der Waals surface area contributed by atoms with Crippen LogP contribution in [0.5, 0.6) is 0 Å². The molecule has 0 radical (unpaired) electrons. The van der Waals surface area contributed by atoms with Crippen molar-refractivity contribution in [1.82, 2.24) is 8.77 Å². The van der Waals surface area contributed by atoms with Crippen molar-refractivity contribution in [1.29, 1.82) is 0 Å². The van der Waals surface area contributed by atoms with E-state index in [1.165, 1.54) is 64.7 Å². The van der Waals surface area contributed by atoms with E-state index in [2.05, 4.69) is 5.32 Å². The number of amides is 1. The second-order valence-electron chi connectivity index (χ2n) is 5.86. The van der Waals surface area contributed by atoms with E-state index in [0.29, 0.717) is 4.47 Å². The third-order valence-corrected chi connectivity index (χ3v) is 7.43. The monoisotopic (exact) mass is 427 g/mol. The Morgan fingerprint density at radius 2 is 1.57 bits per heavy atom. The van der Waals surface area contributed by atoms with Crippen LogP contribution < -0.4 is 5.32 Å². The zero-order valence-corrected chi connectivity index (χ0v) is 17.4. The molecule has 0 spiro atoms. The Morgan fingerprint density at radius 1 is 0.929 bits per heavy atom. The van der Waals surface area contributed by atoms with E-state index in [1.807, 2.05) is 0 Å². The Hall–Kier alpha value is -2.31. The number of hydrogen-bond donors (Lipinski definition) is 1. The number of hydroxylamine groups is 1. The third-order valence-electron chi connectivity index (χ3n) is 3.88. The summed E-state index contributed by atoms with van der Waals surface area (Å²) >= 11 is 0. The van der Waals surface area contributed by atoms with Gasteiger partial charge in [-0.05, 0) is 30.3 Å². The van der Waals surface area contributed by atoms with E-state index < -0.39 is 26.0 Å². The van der Waals surface area contributed by atoms with Crippen LogP contribution in [-0.2, 0) is 24.9 Å². The van der Waals surface area contributed by atoms with Crippen LogP contribution in [0.15, 0.2) is 58.3 Å². The SMILES string of the molecule is CON(C)S(=O)(=O)c1cccc(C(=O)Nc2ccccc2S(=O)(=O)N(C)C)c1. The number of sulfonamides is 2. The standard InChI is InChI=1S/C17H21N3O6S2/c1-19(2)28(24,25)16-11-6-5-10-15(16)18-17(21)13-8-7-9-14(12-13)27(22,23)20(3)26-4/h5-12H,1-4H3,(H,18,21). The molecule has 2 aromatic carbocycles. The molecule has 0 saturated heterocycles. The second kappa shape index (κ2) is 8.37. The van der Waals surface area contributed by atoms with Crippen molar-refractivity contribution >= 4 is 31.6 Å². The Balaban J connectivity index is 2.40. The first-order valence-corrected chi connectivity index (χ1v) is 10.9. The molecule has 0 aliphatic rings. The van der Waals surface area contributed by atoms with Crippen molar-refractivity contribution in [2.75, 3.05) is 33.6 Å². The predicted molar refractivity (Wildman–Crippen MR) is 104 cm³/mol. The molecule has 1 N–H and O–H groups in total. The number of para-hydroxylation sites is 1. The van der Waals surface area contributed by atoms with Gasteiger partial charge in [0.25, 0.3) is 15.9 Å². The molecule has 152 valence electrons. The first-order chi connectivity index (χ1) is 13.0. The van der Waals surface area contributed by atoms with Crippen molar-refractivity contribution in [3.05, 3.63) is 54.1 Å². The maximum Gasteiger partial charge on any atom is 0.264 e. The van der Waals surface area contributed by atoms with Gasteiger partial charge in [-0.15, -0.1) is 0 Å². The summed E-state index contributed by atoms with van der Waals surface area (Å²) in [6.45, 7) is 0. The fourth-order valence-corrected chi connectivity index (χ4v) is 4.29. The molecule has 0 saturated carbocycles. The van der Waals surface area contributed by atoms with Crippen molar-refractivity contribution < 1.29 is 26.5 Å². The zero-order chi connectivity index (χ0) is 21.1. The molecule has 9 nitrogen and oxygen atoms in total. The van der Waals surface area contributed by atoms with Crippen LogP contribution in [0.1, 0.15) is 10.4 Å². The van der Waals surface area contributed by atoms with Crippen molar-refractivity contribution in [2.45, 2.75) is 9.79 Å². The maximum atomic E-state index is 12.6. The van der Waals surface area contributed by atoms with Crippen LogP contribution in [0.25, 0.3) is 0 Å². The highest BCUT2D eigenvalue weighted by atomic mass is 32.2. The van der Waals surface area contributed by atoms with Crippen LogP contribution in [0.3, 0.4) is 0 Å². The van der Waals surface area contributed by atoms with Crippen LogP contribution >= 0.6 is 0 Å². The van der Waals surface area contributed by atoms with Crippen molar-refractivity contribution in [2.24, 2.45) is 0 Å². The lowest BCUT2D eigenvalue weighted by atomic mass is 10.2. The Kier molecular flexibility index (Phi) is 6.57. The fraction of sp³-hybridized carbons (Fsp3) is 0.235. The van der Waals surface area contributed by atoms with Gasteiger partial charge in [0, 0.05) is 26.7 Å². The summed E-state index contributed by atoms with van der Waals surface area (Å²) in [5.41, 5.74) is 0.131. The normalized spacial score (nSPS) is 12.4. The molecular formula is C17H21N3O6S2. The average Bonchev–Trinajstić information content (AvgIpc) is 2.67. The fourth-order valence-electron chi connectivity index (χ4n) is 2.23. The minimum atomic E-state index is -3.93. The molecule has 28 heavy (non-hydrogen) atoms. The van der Waals surface area contributed by atoms with Gasteiger partial charge in [0.05, 0.1) is 17.7 Å². The summed E-state index contributed by atoms with van der Waals surface area (Å²) in [5.74, 6) is -0.654. The predicted octanol–water partition coefficient (Wildman–Crippen LogP) is 1.37. The van der Waals surface area contributed by atoms with Gasteiger partial charge in [-0.3, -0.25) is 9.63 Å². The van der Waals surface area contributed by atoms with Gasteiger partial charge >= 0.3 is 0 Å². The number of carbonyl (C=O) groups excluding carboxylic acids is 1. The Morgan fingerprint density at radius 3 is 2.18 bits per heavy atom. The molecule has 0 aliphatic carbocycles. The molecule has 2 rings (SSSR count). The molecule has 0 aromatic heterocycles. The number of rotatable bonds is 7. The van der Waals surface area contributed by atoms with E-state index in [9.17, 15) is 21.6 Å². The summed E-state index contributed by atoms with van der Waals surface area (Å²) in [4.78, 5) is 17.1. The molecule has 11 heteroatoms. The van der Waals surface area contributed by atoms with Crippen LogP contribution in [-0.4, -0.2) is 59.8 Å². The van der Waals surface area contributed by atoms with E-state index in [0.717, 1.165) is 4.31 Å². The lowest BCUT2D eigenvalue weighted by molar-refractivity contribution is -0.0258.